The minimum Gasteiger partial charge on any atom is -0.493 e. The van der Waals surface area contributed by atoms with E-state index in [2.05, 4.69) is 16.0 Å². The molecule has 3 rings (SSSR count). The lowest BCUT2D eigenvalue weighted by atomic mass is 10.1. The Morgan fingerprint density at radius 3 is 2.69 bits per heavy atom. The number of nitriles is 1. The SMILES string of the molecule is COc1ccc(/C=C(/C#N)c2nc3ccc(C)cc3[nH]2)cc1OC(C)C. The van der Waals surface area contributed by atoms with Crippen LogP contribution in [0.1, 0.15) is 30.8 Å². The van der Waals surface area contributed by atoms with E-state index < -0.39 is 0 Å². The molecular weight excluding hydrogens is 326 g/mol. The molecule has 1 aromatic heterocycles. The van der Waals surface area contributed by atoms with Crippen LogP contribution >= 0.6 is 0 Å². The fourth-order valence-electron chi connectivity index (χ4n) is 2.70. The normalized spacial score (nSPS) is 11.6. The van der Waals surface area contributed by atoms with Crippen molar-refractivity contribution >= 4 is 22.7 Å². The van der Waals surface area contributed by atoms with E-state index in [-0.39, 0.29) is 6.10 Å². The van der Waals surface area contributed by atoms with Crippen molar-refractivity contribution in [2.24, 2.45) is 0 Å². The van der Waals surface area contributed by atoms with E-state index in [1.165, 1.54) is 0 Å². The topological polar surface area (TPSA) is 70.9 Å². The molecule has 132 valence electrons. The van der Waals surface area contributed by atoms with E-state index >= 15 is 0 Å². The number of hydrogen-bond donors (Lipinski definition) is 1. The van der Waals surface area contributed by atoms with Crippen LogP contribution in [0.3, 0.4) is 0 Å². The monoisotopic (exact) mass is 347 g/mol. The molecular formula is C21H21N3O2. The molecule has 0 unspecified atom stereocenters. The molecule has 3 aromatic rings. The summed E-state index contributed by atoms with van der Waals surface area (Å²) in [6.45, 7) is 5.94. The van der Waals surface area contributed by atoms with Crippen LogP contribution in [-0.4, -0.2) is 23.2 Å². The molecule has 0 aliphatic heterocycles. The molecule has 0 aliphatic carbocycles. The van der Waals surface area contributed by atoms with Gasteiger partial charge in [-0.2, -0.15) is 5.26 Å². The Labute approximate surface area is 152 Å². The molecule has 0 bridgehead atoms. The predicted octanol–water partition coefficient (Wildman–Crippen LogP) is 4.73. The van der Waals surface area contributed by atoms with Crippen molar-refractivity contribution < 1.29 is 9.47 Å². The van der Waals surface area contributed by atoms with Gasteiger partial charge < -0.3 is 14.5 Å². The van der Waals surface area contributed by atoms with Crippen molar-refractivity contribution in [3.8, 4) is 17.6 Å². The molecule has 0 saturated carbocycles. The molecule has 26 heavy (non-hydrogen) atoms. The summed E-state index contributed by atoms with van der Waals surface area (Å²) in [6, 6.07) is 13.8. The third-order valence-electron chi connectivity index (χ3n) is 3.87. The second-order valence-electron chi connectivity index (χ2n) is 6.35. The molecule has 0 fully saturated rings. The van der Waals surface area contributed by atoms with Crippen LogP contribution in [0.5, 0.6) is 11.5 Å². The van der Waals surface area contributed by atoms with Crippen LogP contribution in [0.15, 0.2) is 36.4 Å². The number of imidazole rings is 1. The largest absolute Gasteiger partial charge is 0.493 e. The Kier molecular flexibility index (Phi) is 4.94. The van der Waals surface area contributed by atoms with Gasteiger partial charge in [-0.15, -0.1) is 0 Å². The highest BCUT2D eigenvalue weighted by atomic mass is 16.5. The average Bonchev–Trinajstić information content (AvgIpc) is 3.02. The number of aromatic nitrogens is 2. The zero-order valence-electron chi connectivity index (χ0n) is 15.3. The first kappa shape index (κ1) is 17.6. The summed E-state index contributed by atoms with van der Waals surface area (Å²) in [5.74, 6) is 1.86. The number of rotatable bonds is 5. The quantitative estimate of drug-likeness (QED) is 0.677. The molecule has 0 radical (unpaired) electrons. The highest BCUT2D eigenvalue weighted by Crippen LogP contribution is 2.30. The molecule has 0 atom stereocenters. The van der Waals surface area contributed by atoms with E-state index in [1.807, 2.05) is 57.2 Å². The van der Waals surface area contributed by atoms with Crippen LogP contribution < -0.4 is 9.47 Å². The Morgan fingerprint density at radius 1 is 1.19 bits per heavy atom. The highest BCUT2D eigenvalue weighted by molar-refractivity contribution is 5.90. The van der Waals surface area contributed by atoms with Gasteiger partial charge in [-0.1, -0.05) is 12.1 Å². The van der Waals surface area contributed by atoms with Crippen LogP contribution in [0.2, 0.25) is 0 Å². The summed E-state index contributed by atoms with van der Waals surface area (Å²) >= 11 is 0. The summed E-state index contributed by atoms with van der Waals surface area (Å²) in [6.07, 6.45) is 1.81. The number of H-pyrrole nitrogens is 1. The Bertz CT molecular complexity index is 1010. The minimum absolute atomic E-state index is 0.0252. The van der Waals surface area contributed by atoms with Crippen LogP contribution in [-0.2, 0) is 0 Å². The zero-order valence-corrected chi connectivity index (χ0v) is 15.3. The van der Waals surface area contributed by atoms with Crippen molar-refractivity contribution in [2.75, 3.05) is 7.11 Å². The third-order valence-corrected chi connectivity index (χ3v) is 3.87. The highest BCUT2D eigenvalue weighted by Gasteiger charge is 2.11. The predicted molar refractivity (Wildman–Crippen MR) is 103 cm³/mol. The summed E-state index contributed by atoms with van der Waals surface area (Å²) in [5, 5.41) is 9.60. The van der Waals surface area contributed by atoms with Crippen molar-refractivity contribution in [3.05, 3.63) is 53.3 Å². The lowest BCUT2D eigenvalue weighted by Crippen LogP contribution is -2.06. The maximum Gasteiger partial charge on any atom is 0.162 e. The number of hydrogen-bond acceptors (Lipinski definition) is 4. The van der Waals surface area contributed by atoms with Gasteiger partial charge in [-0.3, -0.25) is 0 Å². The van der Waals surface area contributed by atoms with Gasteiger partial charge in [0.15, 0.2) is 11.5 Å². The lowest BCUT2D eigenvalue weighted by Gasteiger charge is -2.14. The number of benzene rings is 2. The zero-order chi connectivity index (χ0) is 18.7. The number of allylic oxidation sites excluding steroid dienone is 1. The van der Waals surface area contributed by atoms with Crippen molar-refractivity contribution in [1.82, 2.24) is 9.97 Å². The molecule has 0 saturated heterocycles. The van der Waals surface area contributed by atoms with Crippen LogP contribution in [0.4, 0.5) is 0 Å². The number of ether oxygens (including phenoxy) is 2. The number of nitrogens with zero attached hydrogens (tertiary/aromatic N) is 2. The van der Waals surface area contributed by atoms with E-state index in [0.29, 0.717) is 22.9 Å². The minimum atomic E-state index is 0.0252. The maximum atomic E-state index is 9.60. The van der Waals surface area contributed by atoms with Crippen LogP contribution in [0, 0.1) is 18.3 Å². The summed E-state index contributed by atoms with van der Waals surface area (Å²) in [7, 11) is 1.61. The molecule has 5 heteroatoms. The Hall–Kier alpha value is -3.26. The van der Waals surface area contributed by atoms with Crippen molar-refractivity contribution in [1.29, 1.82) is 5.26 Å². The average molecular weight is 347 g/mol. The smallest absolute Gasteiger partial charge is 0.162 e. The van der Waals surface area contributed by atoms with Gasteiger partial charge in [0.1, 0.15) is 11.9 Å². The molecule has 5 nitrogen and oxygen atoms in total. The summed E-state index contributed by atoms with van der Waals surface area (Å²) in [4.78, 5) is 7.74. The number of aromatic amines is 1. The van der Waals surface area contributed by atoms with E-state index in [4.69, 9.17) is 9.47 Å². The third kappa shape index (κ3) is 3.70. The van der Waals surface area contributed by atoms with Gasteiger partial charge in [0, 0.05) is 0 Å². The molecule has 0 amide bonds. The first-order valence-corrected chi connectivity index (χ1v) is 8.43. The van der Waals surface area contributed by atoms with Crippen molar-refractivity contribution in [3.63, 3.8) is 0 Å². The van der Waals surface area contributed by atoms with Gasteiger partial charge in [0.25, 0.3) is 0 Å². The standard InChI is InChI=1S/C21H21N3O2/c1-13(2)26-20-11-15(6-8-19(20)25-4)10-16(12-22)21-23-17-7-5-14(3)9-18(17)24-21/h5-11,13H,1-4H3,(H,23,24)/b16-10-. The molecule has 1 N–H and O–H groups in total. The second kappa shape index (κ2) is 7.32. The molecule has 1 heterocycles. The molecule has 2 aromatic carbocycles. The number of nitrogens with one attached hydrogen (secondary N) is 1. The number of aryl methyl sites for hydroxylation is 1. The lowest BCUT2D eigenvalue weighted by molar-refractivity contribution is 0.230. The van der Waals surface area contributed by atoms with Gasteiger partial charge in [0.2, 0.25) is 0 Å². The Balaban J connectivity index is 2.01. The first-order chi connectivity index (χ1) is 12.5. The fourth-order valence-corrected chi connectivity index (χ4v) is 2.70. The van der Waals surface area contributed by atoms with E-state index in [0.717, 1.165) is 22.2 Å². The maximum absolute atomic E-state index is 9.60. The first-order valence-electron chi connectivity index (χ1n) is 8.43. The number of methoxy groups -OCH3 is 1. The number of fused-ring (bicyclic) bond motifs is 1. The Morgan fingerprint density at radius 2 is 2.00 bits per heavy atom. The molecule has 0 spiro atoms. The second-order valence-corrected chi connectivity index (χ2v) is 6.35. The summed E-state index contributed by atoms with van der Waals surface area (Å²) < 4.78 is 11.1. The van der Waals surface area contributed by atoms with E-state index in [9.17, 15) is 5.26 Å². The van der Waals surface area contributed by atoms with Crippen LogP contribution in [0.25, 0.3) is 22.7 Å². The van der Waals surface area contributed by atoms with Gasteiger partial charge in [0.05, 0.1) is 29.8 Å². The van der Waals surface area contributed by atoms with Gasteiger partial charge in [-0.05, 0) is 62.2 Å². The fraction of sp³-hybridized carbons (Fsp3) is 0.238. The van der Waals surface area contributed by atoms with Gasteiger partial charge in [-0.25, -0.2) is 4.98 Å². The summed E-state index contributed by atoms with van der Waals surface area (Å²) in [5.41, 5.74) is 4.19. The molecule has 0 aliphatic rings. The van der Waals surface area contributed by atoms with Gasteiger partial charge >= 0.3 is 0 Å². The van der Waals surface area contributed by atoms with Crippen molar-refractivity contribution in [2.45, 2.75) is 26.9 Å². The van der Waals surface area contributed by atoms with E-state index in [1.54, 1.807) is 13.2 Å².